The molecule has 0 radical (unpaired) electrons. The van der Waals surface area contributed by atoms with E-state index in [1.54, 1.807) is 7.11 Å². The smallest absolute Gasteiger partial charge is 0.303 e. The first-order chi connectivity index (χ1) is 25.1. The SMILES string of the molecule is CN.COCCOCCOCCOCCOCCOCCOCCOCCNC(=O)CCCC[C@@H]1CCSS1.O=C(O)CCCC[C@@H]1CCSS1.[2HH]. The number of nitrogens with two attached hydrogens (primary N) is 1. The van der Waals surface area contributed by atoms with Gasteiger partial charge in [0.1, 0.15) is 0 Å². The zero-order valence-electron chi connectivity index (χ0n) is 31.2. The standard InChI is InChI=1S/C25H49NO9S2.C8H14O2S2.CH5N.H2/c1-28-9-10-30-13-14-32-17-18-34-21-22-35-20-19-33-16-15-31-12-11-29-8-7-26-25(27)5-3-2-4-24-6-23-36-37-24;9-8(10)4-2-1-3-7-5-6-11-12-7;1-2;/h24H,2-23H2,1H3,(H,26,27);7H,1-6H2,(H,9,10);2H2,1H3;1H/t24-;7-;;/m11../s1/i;;;1+1. The summed E-state index contributed by atoms with van der Waals surface area (Å²) in [6.07, 6.45) is 10.0. The van der Waals surface area contributed by atoms with Crippen molar-refractivity contribution in [2.75, 3.05) is 131 Å². The number of carboxylic acids is 1. The number of hydrogen-bond acceptors (Lipinski definition) is 15. The first-order valence-corrected chi connectivity index (χ1v) is 23.0. The molecule has 0 saturated carbocycles. The van der Waals surface area contributed by atoms with Crippen LogP contribution in [0.1, 0.15) is 65.6 Å². The molecule has 2 aliphatic heterocycles. The third kappa shape index (κ3) is 39.5. The van der Waals surface area contributed by atoms with E-state index in [1.807, 2.05) is 43.2 Å². The highest BCUT2D eigenvalue weighted by Crippen LogP contribution is 2.40. The molecule has 2 rings (SSSR count). The van der Waals surface area contributed by atoms with Gasteiger partial charge in [-0.15, -0.1) is 0 Å². The second kappa shape index (κ2) is 42.7. The second-order valence-corrected chi connectivity index (χ2v) is 16.7. The Hall–Kier alpha value is -0.0200. The van der Waals surface area contributed by atoms with Crippen molar-refractivity contribution >= 4 is 55.1 Å². The maximum atomic E-state index is 11.8. The lowest BCUT2D eigenvalue weighted by Crippen LogP contribution is -2.27. The molecular weight excluding hydrogens is 741 g/mol. The zero-order valence-corrected chi connectivity index (χ0v) is 34.5. The molecule has 4 N–H and O–H groups in total. The van der Waals surface area contributed by atoms with Gasteiger partial charge >= 0.3 is 5.97 Å². The van der Waals surface area contributed by atoms with Crippen LogP contribution in [0.3, 0.4) is 0 Å². The Kier molecular flexibility index (Phi) is 42.7. The van der Waals surface area contributed by atoms with E-state index in [-0.39, 0.29) is 7.33 Å². The van der Waals surface area contributed by atoms with Crippen molar-refractivity contribution in [3.63, 3.8) is 0 Å². The van der Waals surface area contributed by atoms with Crippen LogP contribution in [0, 0.1) is 0 Å². The minimum atomic E-state index is -0.663. The van der Waals surface area contributed by atoms with Gasteiger partial charge in [0.25, 0.3) is 0 Å². The molecule has 2 heterocycles. The normalized spacial score (nSPS) is 16.7. The molecule has 1 amide bonds. The van der Waals surface area contributed by atoms with Gasteiger partial charge in [-0.2, -0.15) is 0 Å². The van der Waals surface area contributed by atoms with Crippen LogP contribution in [0.2, 0.25) is 0 Å². The average molecular weight is 812 g/mol. The van der Waals surface area contributed by atoms with E-state index in [0.29, 0.717) is 118 Å². The largest absolute Gasteiger partial charge is 0.481 e. The molecule has 0 bridgehead atoms. The van der Waals surface area contributed by atoms with E-state index in [9.17, 15) is 9.59 Å². The molecular formula is C34H70N2O11S4. The van der Waals surface area contributed by atoms with Crippen molar-refractivity contribution < 1.29 is 54.0 Å². The summed E-state index contributed by atoms with van der Waals surface area (Å²) in [6, 6.07) is 0. The van der Waals surface area contributed by atoms with Gasteiger partial charge in [-0.1, -0.05) is 56.0 Å². The lowest BCUT2D eigenvalue weighted by atomic mass is 10.1. The second-order valence-electron chi connectivity index (χ2n) is 11.2. The Morgan fingerprint density at radius 1 is 0.608 bits per heavy atom. The van der Waals surface area contributed by atoms with Crippen molar-refractivity contribution in [2.24, 2.45) is 5.73 Å². The minimum Gasteiger partial charge on any atom is -0.481 e. The summed E-state index contributed by atoms with van der Waals surface area (Å²) in [5.41, 5.74) is 4.50. The summed E-state index contributed by atoms with van der Waals surface area (Å²) >= 11 is 0. The number of amides is 1. The predicted molar refractivity (Wildman–Crippen MR) is 214 cm³/mol. The van der Waals surface area contributed by atoms with Crippen LogP contribution in [0.25, 0.3) is 0 Å². The van der Waals surface area contributed by atoms with Gasteiger partial charge in [-0.3, -0.25) is 9.59 Å². The Morgan fingerprint density at radius 3 is 1.33 bits per heavy atom. The first-order valence-electron chi connectivity index (χ1n) is 18.3. The molecule has 2 atom stereocenters. The third-order valence-corrected chi connectivity index (χ3v) is 13.0. The number of unbranched alkanes of at least 4 members (excludes halogenated alkanes) is 2. The number of rotatable bonds is 34. The molecule has 2 saturated heterocycles. The number of methoxy groups -OCH3 is 1. The van der Waals surface area contributed by atoms with Gasteiger partial charge in [-0.25, -0.2) is 0 Å². The molecule has 0 aromatic heterocycles. The third-order valence-electron chi connectivity index (χ3n) is 7.03. The Balaban J connectivity index is 0. The fraction of sp³-hybridized carbons (Fsp3) is 0.941. The summed E-state index contributed by atoms with van der Waals surface area (Å²) in [5, 5.41) is 12.9. The quantitative estimate of drug-likeness (QED) is 0.0574. The Labute approximate surface area is 324 Å². The average Bonchev–Trinajstić information content (AvgIpc) is 3.87. The number of carbonyl (C=O) groups excluding carboxylic acids is 1. The van der Waals surface area contributed by atoms with Crippen LogP contribution in [-0.2, 0) is 47.5 Å². The van der Waals surface area contributed by atoms with Crippen molar-refractivity contribution in [2.45, 2.75) is 74.7 Å². The molecule has 13 nitrogen and oxygen atoms in total. The molecule has 0 aromatic rings. The molecule has 0 aliphatic carbocycles. The Bertz CT molecular complexity index is 750. The minimum absolute atomic E-state index is 0. The van der Waals surface area contributed by atoms with Crippen LogP contribution >= 0.6 is 43.2 Å². The fourth-order valence-electron chi connectivity index (χ4n) is 4.35. The highest BCUT2D eigenvalue weighted by Gasteiger charge is 2.16. The molecule has 0 aromatic carbocycles. The van der Waals surface area contributed by atoms with Gasteiger partial charge in [0.2, 0.25) is 5.91 Å². The molecule has 2 fully saturated rings. The highest BCUT2D eigenvalue weighted by molar-refractivity contribution is 8.77. The summed E-state index contributed by atoms with van der Waals surface area (Å²) < 4.78 is 42.8. The number of carbonyl (C=O) groups is 2. The van der Waals surface area contributed by atoms with Crippen molar-refractivity contribution in [1.82, 2.24) is 5.32 Å². The fourth-order valence-corrected chi connectivity index (χ4v) is 10.4. The number of nitrogens with one attached hydrogen (secondary N) is 1. The van der Waals surface area contributed by atoms with E-state index in [4.69, 9.17) is 43.0 Å². The van der Waals surface area contributed by atoms with Gasteiger partial charge in [0.15, 0.2) is 0 Å². The van der Waals surface area contributed by atoms with Crippen molar-refractivity contribution in [1.29, 1.82) is 0 Å². The predicted octanol–water partition coefficient (Wildman–Crippen LogP) is 5.19. The van der Waals surface area contributed by atoms with E-state index in [2.05, 4.69) is 11.1 Å². The van der Waals surface area contributed by atoms with Crippen LogP contribution < -0.4 is 11.1 Å². The lowest BCUT2D eigenvalue weighted by molar-refractivity contribution is -0.137. The Morgan fingerprint density at radius 2 is 0.980 bits per heavy atom. The van der Waals surface area contributed by atoms with Crippen LogP contribution in [0.4, 0.5) is 0 Å². The summed E-state index contributed by atoms with van der Waals surface area (Å²) in [6.45, 7) is 8.54. The molecule has 51 heavy (non-hydrogen) atoms. The summed E-state index contributed by atoms with van der Waals surface area (Å²) in [7, 11) is 11.0. The first kappa shape index (κ1) is 51.0. The number of hydrogen-bond donors (Lipinski definition) is 3. The van der Waals surface area contributed by atoms with E-state index in [0.717, 1.165) is 36.2 Å². The molecule has 0 unspecified atom stereocenters. The number of aliphatic carboxylic acids is 1. The van der Waals surface area contributed by atoms with Crippen LogP contribution in [-0.4, -0.2) is 159 Å². The van der Waals surface area contributed by atoms with Crippen molar-refractivity contribution in [3.8, 4) is 0 Å². The van der Waals surface area contributed by atoms with Crippen LogP contribution in [0.15, 0.2) is 0 Å². The van der Waals surface area contributed by atoms with Crippen LogP contribution in [0.5, 0.6) is 0 Å². The lowest BCUT2D eigenvalue weighted by Gasteiger charge is -2.09. The van der Waals surface area contributed by atoms with Gasteiger partial charge in [-0.05, 0) is 45.6 Å². The number of ether oxygens (including phenoxy) is 8. The highest BCUT2D eigenvalue weighted by atomic mass is 33.1. The monoisotopic (exact) mass is 811 g/mol. The summed E-state index contributed by atoms with van der Waals surface area (Å²) in [4.78, 5) is 22.0. The molecule has 0 spiro atoms. The molecule has 17 heteroatoms. The topological polar surface area (TPSA) is 166 Å². The van der Waals surface area contributed by atoms with E-state index >= 15 is 0 Å². The van der Waals surface area contributed by atoms with Gasteiger partial charge in [0.05, 0.1) is 99.1 Å². The molecule has 2 aliphatic rings. The van der Waals surface area contributed by atoms with Gasteiger partial charge < -0.3 is 54.1 Å². The number of carboxylic acid groups (broad SMARTS) is 1. The maximum Gasteiger partial charge on any atom is 0.303 e. The maximum absolute atomic E-state index is 11.8. The van der Waals surface area contributed by atoms with Gasteiger partial charge in [0, 0.05) is 49.9 Å². The van der Waals surface area contributed by atoms with Crippen molar-refractivity contribution in [3.05, 3.63) is 0 Å². The van der Waals surface area contributed by atoms with E-state index < -0.39 is 5.97 Å². The summed E-state index contributed by atoms with van der Waals surface area (Å²) in [5.74, 6) is 1.99. The molecule has 306 valence electrons. The zero-order chi connectivity index (χ0) is 37.3. The van der Waals surface area contributed by atoms with E-state index in [1.165, 1.54) is 44.2 Å².